The van der Waals surface area contributed by atoms with Gasteiger partial charge in [0.1, 0.15) is 0 Å². The van der Waals surface area contributed by atoms with Crippen molar-refractivity contribution in [2.75, 3.05) is 18.6 Å². The van der Waals surface area contributed by atoms with Crippen molar-refractivity contribution in [3.63, 3.8) is 0 Å². The molecule has 0 radical (unpaired) electrons. The molecule has 1 N–H and O–H groups in total. The van der Waals surface area contributed by atoms with Gasteiger partial charge in [0.2, 0.25) is 5.91 Å². The summed E-state index contributed by atoms with van der Waals surface area (Å²) in [7, 11) is 1.71. The molecule has 0 aliphatic rings. The van der Waals surface area contributed by atoms with Crippen LogP contribution in [0.4, 0.5) is 5.69 Å². The first-order valence-corrected chi connectivity index (χ1v) is 5.16. The molecule has 0 heterocycles. The number of aliphatic hydroxyl groups is 1. The van der Waals surface area contributed by atoms with E-state index in [1.165, 1.54) is 0 Å². The Morgan fingerprint density at radius 1 is 1.40 bits per heavy atom. The Balaban J connectivity index is 2.63. The van der Waals surface area contributed by atoms with Crippen molar-refractivity contribution in [2.45, 2.75) is 12.8 Å². The number of aliphatic hydroxyl groups excluding tert-OH is 1. The summed E-state index contributed by atoms with van der Waals surface area (Å²) in [4.78, 5) is 13.1. The Labute approximate surface area is 94.3 Å². The van der Waals surface area contributed by atoms with Crippen LogP contribution in [0.25, 0.3) is 0 Å². The minimum absolute atomic E-state index is 0.00799. The van der Waals surface area contributed by atoms with E-state index in [4.69, 9.17) is 16.7 Å². The Bertz CT molecular complexity index is 324. The molecule has 3 nitrogen and oxygen atoms in total. The molecule has 15 heavy (non-hydrogen) atoms. The summed E-state index contributed by atoms with van der Waals surface area (Å²) in [6, 6.07) is 7.07. The second kappa shape index (κ2) is 5.73. The topological polar surface area (TPSA) is 40.5 Å². The van der Waals surface area contributed by atoms with Crippen LogP contribution in [0.5, 0.6) is 0 Å². The molecule has 0 fully saturated rings. The molecular weight excluding hydrogens is 214 g/mol. The molecule has 0 aromatic heterocycles. The first-order chi connectivity index (χ1) is 7.15. The molecule has 1 aromatic carbocycles. The summed E-state index contributed by atoms with van der Waals surface area (Å²) >= 11 is 5.74. The Morgan fingerprint density at radius 3 is 2.53 bits per heavy atom. The highest BCUT2D eigenvalue weighted by Gasteiger charge is 2.09. The molecule has 0 saturated carbocycles. The molecule has 4 heteroatoms. The van der Waals surface area contributed by atoms with Crippen molar-refractivity contribution in [3.8, 4) is 0 Å². The third kappa shape index (κ3) is 3.53. The van der Waals surface area contributed by atoms with E-state index < -0.39 is 0 Å². The number of halogens is 1. The van der Waals surface area contributed by atoms with Crippen molar-refractivity contribution in [1.82, 2.24) is 0 Å². The van der Waals surface area contributed by atoms with E-state index in [9.17, 15) is 4.79 Å². The summed E-state index contributed by atoms with van der Waals surface area (Å²) in [5.41, 5.74) is 0.808. The van der Waals surface area contributed by atoms with E-state index in [-0.39, 0.29) is 12.5 Å². The van der Waals surface area contributed by atoms with Gasteiger partial charge in [0.15, 0.2) is 0 Å². The fourth-order valence-electron chi connectivity index (χ4n) is 1.21. The lowest BCUT2D eigenvalue weighted by Gasteiger charge is -2.17. The molecule has 0 unspecified atom stereocenters. The average molecular weight is 228 g/mol. The fourth-order valence-corrected chi connectivity index (χ4v) is 1.33. The van der Waals surface area contributed by atoms with Crippen molar-refractivity contribution < 1.29 is 9.90 Å². The maximum atomic E-state index is 11.6. The van der Waals surface area contributed by atoms with Crippen LogP contribution in [0.1, 0.15) is 12.8 Å². The molecule has 1 aromatic rings. The van der Waals surface area contributed by atoms with Crippen LogP contribution in [0.2, 0.25) is 5.02 Å². The quantitative estimate of drug-likeness (QED) is 0.856. The predicted molar refractivity (Wildman–Crippen MR) is 61.2 cm³/mol. The first kappa shape index (κ1) is 12.0. The van der Waals surface area contributed by atoms with Crippen LogP contribution in [-0.2, 0) is 4.79 Å². The van der Waals surface area contributed by atoms with Gasteiger partial charge in [0, 0.05) is 30.8 Å². The second-order valence-electron chi connectivity index (χ2n) is 3.26. The Morgan fingerprint density at radius 2 is 2.00 bits per heavy atom. The van der Waals surface area contributed by atoms with Crippen molar-refractivity contribution in [3.05, 3.63) is 29.3 Å². The van der Waals surface area contributed by atoms with E-state index in [2.05, 4.69) is 0 Å². The SMILES string of the molecule is CN(C(=O)CCCO)c1ccc(Cl)cc1. The Hall–Kier alpha value is -1.06. The molecule has 0 saturated heterocycles. The lowest BCUT2D eigenvalue weighted by molar-refractivity contribution is -0.118. The first-order valence-electron chi connectivity index (χ1n) is 4.78. The monoisotopic (exact) mass is 227 g/mol. The van der Waals surface area contributed by atoms with Crippen LogP contribution in [-0.4, -0.2) is 24.7 Å². The number of hydrogen-bond donors (Lipinski definition) is 1. The van der Waals surface area contributed by atoms with Gasteiger partial charge in [-0.2, -0.15) is 0 Å². The number of hydrogen-bond acceptors (Lipinski definition) is 2. The van der Waals surface area contributed by atoms with Crippen LogP contribution < -0.4 is 4.90 Å². The van der Waals surface area contributed by atoms with Gasteiger partial charge in [-0.25, -0.2) is 0 Å². The van der Waals surface area contributed by atoms with Crippen molar-refractivity contribution in [1.29, 1.82) is 0 Å². The fraction of sp³-hybridized carbons (Fsp3) is 0.364. The zero-order valence-electron chi connectivity index (χ0n) is 8.61. The van der Waals surface area contributed by atoms with Gasteiger partial charge >= 0.3 is 0 Å². The van der Waals surface area contributed by atoms with Gasteiger partial charge in [0.05, 0.1) is 0 Å². The molecule has 0 aliphatic heterocycles. The van der Waals surface area contributed by atoms with E-state index >= 15 is 0 Å². The van der Waals surface area contributed by atoms with Gasteiger partial charge in [0.25, 0.3) is 0 Å². The third-order valence-corrected chi connectivity index (χ3v) is 2.39. The van der Waals surface area contributed by atoms with Crippen LogP contribution in [0.3, 0.4) is 0 Å². The highest BCUT2D eigenvalue weighted by atomic mass is 35.5. The highest BCUT2D eigenvalue weighted by Crippen LogP contribution is 2.17. The van der Waals surface area contributed by atoms with Gasteiger partial charge in [-0.3, -0.25) is 4.79 Å². The summed E-state index contributed by atoms with van der Waals surface area (Å²) in [6.07, 6.45) is 0.854. The number of rotatable bonds is 4. The standard InChI is InChI=1S/C11H14ClNO2/c1-13(11(15)3-2-8-14)10-6-4-9(12)5-7-10/h4-7,14H,2-3,8H2,1H3. The van der Waals surface area contributed by atoms with Gasteiger partial charge < -0.3 is 10.0 Å². The zero-order chi connectivity index (χ0) is 11.3. The summed E-state index contributed by atoms with van der Waals surface area (Å²) < 4.78 is 0. The third-order valence-electron chi connectivity index (χ3n) is 2.14. The number of anilines is 1. The second-order valence-corrected chi connectivity index (χ2v) is 3.69. The van der Waals surface area contributed by atoms with Crippen LogP contribution >= 0.6 is 11.6 Å². The van der Waals surface area contributed by atoms with Crippen LogP contribution in [0, 0.1) is 0 Å². The Kier molecular flexibility index (Phi) is 4.59. The molecular formula is C11H14ClNO2. The summed E-state index contributed by atoms with van der Waals surface area (Å²) in [5.74, 6) is -0.00799. The number of carbonyl (C=O) groups excluding carboxylic acids is 1. The number of nitrogens with zero attached hydrogens (tertiary/aromatic N) is 1. The average Bonchev–Trinajstić information content (AvgIpc) is 2.26. The molecule has 0 aliphatic carbocycles. The van der Waals surface area contributed by atoms with Crippen molar-refractivity contribution >= 4 is 23.2 Å². The minimum Gasteiger partial charge on any atom is -0.396 e. The lowest BCUT2D eigenvalue weighted by Crippen LogP contribution is -2.25. The summed E-state index contributed by atoms with van der Waals surface area (Å²) in [6.45, 7) is 0.0419. The predicted octanol–water partition coefficient (Wildman–Crippen LogP) is 2.08. The molecule has 82 valence electrons. The highest BCUT2D eigenvalue weighted by molar-refractivity contribution is 6.30. The maximum absolute atomic E-state index is 11.6. The molecule has 0 atom stereocenters. The lowest BCUT2D eigenvalue weighted by atomic mass is 10.2. The largest absolute Gasteiger partial charge is 0.396 e. The molecule has 1 rings (SSSR count). The van der Waals surface area contributed by atoms with E-state index in [1.54, 1.807) is 36.2 Å². The molecule has 1 amide bonds. The van der Waals surface area contributed by atoms with Crippen molar-refractivity contribution in [2.24, 2.45) is 0 Å². The number of amides is 1. The smallest absolute Gasteiger partial charge is 0.226 e. The maximum Gasteiger partial charge on any atom is 0.226 e. The normalized spacial score (nSPS) is 10.1. The zero-order valence-corrected chi connectivity index (χ0v) is 9.37. The van der Waals surface area contributed by atoms with Gasteiger partial charge in [-0.1, -0.05) is 11.6 Å². The van der Waals surface area contributed by atoms with Gasteiger partial charge in [-0.05, 0) is 30.7 Å². The molecule has 0 spiro atoms. The summed E-state index contributed by atoms with van der Waals surface area (Å²) in [5, 5.41) is 9.26. The van der Waals surface area contributed by atoms with E-state index in [0.717, 1.165) is 5.69 Å². The van der Waals surface area contributed by atoms with Gasteiger partial charge in [-0.15, -0.1) is 0 Å². The molecule has 0 bridgehead atoms. The van der Waals surface area contributed by atoms with E-state index in [1.807, 2.05) is 0 Å². The minimum atomic E-state index is -0.00799. The van der Waals surface area contributed by atoms with E-state index in [0.29, 0.717) is 17.9 Å². The number of carbonyl (C=O) groups is 1. The number of benzene rings is 1. The van der Waals surface area contributed by atoms with Crippen LogP contribution in [0.15, 0.2) is 24.3 Å².